The van der Waals surface area contributed by atoms with Crippen molar-refractivity contribution in [3.63, 3.8) is 0 Å². The molecule has 0 aromatic heterocycles. The van der Waals surface area contributed by atoms with E-state index in [0.717, 1.165) is 22.3 Å². The lowest BCUT2D eigenvalue weighted by Gasteiger charge is -2.33. The number of ether oxygens (including phenoxy) is 1. The molecule has 6 aromatic rings. The van der Waals surface area contributed by atoms with E-state index in [9.17, 15) is 0 Å². The van der Waals surface area contributed by atoms with Gasteiger partial charge in [-0.05, 0) is 18.6 Å². The maximum absolute atomic E-state index is 16.6. The largest absolute Gasteiger partial charge is 0.455 e. The monoisotopic (exact) mass is 634 g/mol. The Kier molecular flexibility index (Phi) is 8.05. The molecule has 1 aliphatic rings. The minimum Gasteiger partial charge on any atom is -0.455 e. The molecule has 0 unspecified atom stereocenters. The van der Waals surface area contributed by atoms with Crippen LogP contribution < -0.4 is 21.2 Å². The molecule has 5 heteroatoms. The molecule has 7 rings (SSSR count). The molecule has 0 saturated heterocycles. The van der Waals surface area contributed by atoms with Crippen molar-refractivity contribution in [2.45, 2.75) is 6.92 Å². The van der Waals surface area contributed by atoms with Gasteiger partial charge in [0.1, 0.15) is 10.8 Å². The van der Waals surface area contributed by atoms with Gasteiger partial charge in [0.05, 0.1) is 0 Å². The van der Waals surface area contributed by atoms with Crippen LogP contribution in [-0.2, 0) is 13.9 Å². The minimum atomic E-state index is -3.87. The van der Waals surface area contributed by atoms with E-state index in [-0.39, 0.29) is 0 Å². The molecule has 6 aromatic carbocycles. The quantitative estimate of drug-likeness (QED) is 0.165. The maximum Gasteiger partial charge on any atom is 0.178 e. The van der Waals surface area contributed by atoms with Gasteiger partial charge in [-0.1, -0.05) is 175 Å². The average molecular weight is 635 g/mol. The number of hydrogen-bond donors (Lipinski definition) is 0. The number of benzene rings is 6. The van der Waals surface area contributed by atoms with Crippen LogP contribution in [-0.4, -0.2) is 0 Å². The van der Waals surface area contributed by atoms with Gasteiger partial charge >= 0.3 is 0 Å². The van der Waals surface area contributed by atoms with Crippen molar-refractivity contribution in [3.05, 3.63) is 197 Å². The van der Waals surface area contributed by atoms with Gasteiger partial charge in [0.2, 0.25) is 0 Å². The maximum atomic E-state index is 16.6. The van der Waals surface area contributed by atoms with Crippen LogP contribution in [0.3, 0.4) is 0 Å². The van der Waals surface area contributed by atoms with Crippen molar-refractivity contribution >= 4 is 53.1 Å². The highest BCUT2D eigenvalue weighted by Gasteiger charge is 2.48. The zero-order valence-electron chi connectivity index (χ0n) is 25.4. The molecule has 224 valence electrons. The predicted octanol–water partition coefficient (Wildman–Crippen LogP) is 9.18. The van der Waals surface area contributed by atoms with Crippen LogP contribution in [0, 0.1) is 6.92 Å². The molecular weight excluding hydrogens is 602 g/mol. The second-order valence-corrected chi connectivity index (χ2v) is 17.0. The fourth-order valence-corrected chi connectivity index (χ4v) is 13.8. The first-order chi connectivity index (χ1) is 22.5. The molecule has 0 radical (unpaired) electrons. The van der Waals surface area contributed by atoms with Crippen molar-refractivity contribution in [3.8, 4) is 0 Å². The van der Waals surface area contributed by atoms with Crippen LogP contribution in [0.25, 0.3) is 17.6 Å². The summed E-state index contributed by atoms with van der Waals surface area (Å²) in [4.78, 5) is 0. The van der Waals surface area contributed by atoms with Gasteiger partial charge in [0.15, 0.2) is 20.0 Å². The van der Waals surface area contributed by atoms with Gasteiger partial charge in [0, 0.05) is 32.3 Å². The van der Waals surface area contributed by atoms with E-state index in [0.29, 0.717) is 37.8 Å². The summed E-state index contributed by atoms with van der Waals surface area (Å²) >= 11 is 0. The lowest BCUT2D eigenvalue weighted by molar-refractivity contribution is 0.469. The molecule has 0 amide bonds. The highest BCUT2D eigenvalue weighted by atomic mass is 31.2. The Labute approximate surface area is 270 Å². The summed E-state index contributed by atoms with van der Waals surface area (Å²) < 4.78 is 40.1. The second kappa shape index (κ2) is 12.5. The fraction of sp³-hybridized carbons (Fsp3) is 0.0244. The molecule has 0 saturated carbocycles. The van der Waals surface area contributed by atoms with E-state index in [1.165, 1.54) is 0 Å². The van der Waals surface area contributed by atoms with Gasteiger partial charge in [-0.3, -0.25) is 0 Å². The van der Waals surface area contributed by atoms with E-state index in [1.54, 1.807) is 0 Å². The molecular formula is C41H32O3P2. The summed E-state index contributed by atoms with van der Waals surface area (Å²) in [5, 5.41) is 2.64. The standard InChI is InChI=1S/C41H32O3P2/c1-31-26-28-32(29-27-31)39-30-33-16-14-15-25-38(33)40(44-39)41(45(42,34-17-6-2-7-18-34)35-19-8-3-9-20-35)46(43,36-21-10-4-11-22-36)37-23-12-5-13-24-37/h2-30H,1H3. The molecule has 0 atom stereocenters. The Bertz CT molecular complexity index is 1970. The first-order valence-electron chi connectivity index (χ1n) is 15.2. The Balaban J connectivity index is 1.68. The zero-order valence-corrected chi connectivity index (χ0v) is 27.2. The van der Waals surface area contributed by atoms with Crippen LogP contribution in [0.1, 0.15) is 22.3 Å². The van der Waals surface area contributed by atoms with Crippen molar-refractivity contribution in [2.75, 3.05) is 0 Å². The minimum absolute atomic E-state index is 0.292. The smallest absolute Gasteiger partial charge is 0.178 e. The number of fused-ring (bicyclic) bond motifs is 1. The highest BCUT2D eigenvalue weighted by Crippen LogP contribution is 2.72. The lowest BCUT2D eigenvalue weighted by Crippen LogP contribution is -2.25. The van der Waals surface area contributed by atoms with Gasteiger partial charge in [0.25, 0.3) is 0 Å². The molecule has 0 spiro atoms. The summed E-state index contributed by atoms with van der Waals surface area (Å²) in [5.41, 5.74) is 3.65. The van der Waals surface area contributed by atoms with Gasteiger partial charge in [-0.15, -0.1) is 0 Å². The van der Waals surface area contributed by atoms with Gasteiger partial charge in [-0.2, -0.15) is 0 Å². The molecule has 1 heterocycles. The molecule has 3 nitrogen and oxygen atoms in total. The third-order valence-corrected chi connectivity index (χ3v) is 15.7. The number of aryl methyl sites for hydroxylation is 1. The van der Waals surface area contributed by atoms with Crippen LogP contribution >= 0.6 is 14.3 Å². The second-order valence-electron chi connectivity index (χ2n) is 11.3. The van der Waals surface area contributed by atoms with Crippen molar-refractivity contribution < 1.29 is 13.9 Å². The Hall–Kier alpha value is -4.94. The van der Waals surface area contributed by atoms with Crippen LogP contribution in [0.2, 0.25) is 0 Å². The van der Waals surface area contributed by atoms with Gasteiger partial charge in [-0.25, -0.2) is 0 Å². The summed E-state index contributed by atoms with van der Waals surface area (Å²) in [5.74, 6) is 0.965. The SMILES string of the molecule is Cc1ccc(C2=Cc3ccccc3C(=C(P(=O)(c3ccccc3)c3ccccc3)P(=O)(c3ccccc3)c3ccccc3)O2)cc1. The Morgan fingerprint density at radius 1 is 0.478 bits per heavy atom. The summed E-state index contributed by atoms with van der Waals surface area (Å²) in [7, 11) is -7.74. The third-order valence-electron chi connectivity index (χ3n) is 8.32. The summed E-state index contributed by atoms with van der Waals surface area (Å²) in [6.45, 7) is 2.05. The van der Waals surface area contributed by atoms with Crippen LogP contribution in [0.5, 0.6) is 0 Å². The first-order valence-corrected chi connectivity index (χ1v) is 18.6. The van der Waals surface area contributed by atoms with Crippen LogP contribution in [0.15, 0.2) is 175 Å². The third kappa shape index (κ3) is 5.23. The van der Waals surface area contributed by atoms with Crippen LogP contribution in [0.4, 0.5) is 0 Å². The zero-order chi connectivity index (χ0) is 31.6. The van der Waals surface area contributed by atoms with E-state index < -0.39 is 14.3 Å². The lowest BCUT2D eigenvalue weighted by atomic mass is 10.0. The summed E-state index contributed by atoms with van der Waals surface area (Å²) in [6, 6.07) is 53.8. The van der Waals surface area contributed by atoms with E-state index >= 15 is 9.13 Å². The average Bonchev–Trinajstić information content (AvgIpc) is 3.13. The molecule has 1 aliphatic heterocycles. The number of hydrogen-bond acceptors (Lipinski definition) is 3. The normalized spacial score (nSPS) is 12.9. The number of rotatable bonds is 7. The Morgan fingerprint density at radius 3 is 1.30 bits per heavy atom. The van der Waals surface area contributed by atoms with E-state index in [4.69, 9.17) is 4.74 Å². The molecule has 46 heavy (non-hydrogen) atoms. The van der Waals surface area contributed by atoms with E-state index in [2.05, 4.69) is 0 Å². The van der Waals surface area contributed by atoms with Crippen molar-refractivity contribution in [2.24, 2.45) is 0 Å². The van der Waals surface area contributed by atoms with Crippen molar-refractivity contribution in [1.29, 1.82) is 0 Å². The summed E-state index contributed by atoms with van der Waals surface area (Å²) in [6.07, 6.45) is 2.01. The van der Waals surface area contributed by atoms with Crippen molar-refractivity contribution in [1.82, 2.24) is 0 Å². The predicted molar refractivity (Wildman–Crippen MR) is 193 cm³/mol. The molecule has 0 aliphatic carbocycles. The first kappa shape index (κ1) is 29.8. The fourth-order valence-electron chi connectivity index (χ4n) is 6.01. The van der Waals surface area contributed by atoms with Gasteiger partial charge < -0.3 is 13.9 Å². The highest BCUT2D eigenvalue weighted by molar-refractivity contribution is 8.00. The molecule has 0 fully saturated rings. The topological polar surface area (TPSA) is 43.4 Å². The molecule has 0 bridgehead atoms. The van der Waals surface area contributed by atoms with E-state index in [1.807, 2.05) is 183 Å². The Morgan fingerprint density at radius 2 is 0.870 bits per heavy atom. The molecule has 0 N–H and O–H groups in total.